The van der Waals surface area contributed by atoms with Gasteiger partial charge in [-0.25, -0.2) is 0 Å². The summed E-state index contributed by atoms with van der Waals surface area (Å²) >= 11 is 3.48. The molecule has 1 nitrogen and oxygen atoms in total. The Bertz CT molecular complexity index is 329. The summed E-state index contributed by atoms with van der Waals surface area (Å²) in [6.45, 7) is 2.05. The van der Waals surface area contributed by atoms with Crippen molar-refractivity contribution >= 4 is 15.9 Å². The minimum Gasteiger partial charge on any atom is -0.385 e. The van der Waals surface area contributed by atoms with E-state index < -0.39 is 5.60 Å². The Balaban J connectivity index is 2.36. The van der Waals surface area contributed by atoms with Crippen molar-refractivity contribution in [3.8, 4) is 0 Å². The van der Waals surface area contributed by atoms with E-state index in [0.29, 0.717) is 0 Å². The molecule has 0 radical (unpaired) electrons. The average Bonchev–Trinajstić information content (AvgIpc) is 2.06. The molecule has 0 atom stereocenters. The van der Waals surface area contributed by atoms with Crippen LogP contribution in [0.15, 0.2) is 22.7 Å². The zero-order valence-electron chi connectivity index (χ0n) is 7.68. The highest BCUT2D eigenvalue weighted by molar-refractivity contribution is 9.10. The normalized spacial score (nSPS) is 19.6. The van der Waals surface area contributed by atoms with E-state index in [-0.39, 0.29) is 0 Å². The number of benzene rings is 1. The van der Waals surface area contributed by atoms with Gasteiger partial charge in [0.25, 0.3) is 0 Å². The average molecular weight is 241 g/mol. The minimum absolute atomic E-state index is 0.532. The van der Waals surface area contributed by atoms with Crippen molar-refractivity contribution in [2.75, 3.05) is 0 Å². The van der Waals surface area contributed by atoms with Gasteiger partial charge in [0.2, 0.25) is 0 Å². The van der Waals surface area contributed by atoms with Crippen LogP contribution in [-0.2, 0) is 5.60 Å². The topological polar surface area (TPSA) is 20.2 Å². The Morgan fingerprint density at radius 2 is 2.08 bits per heavy atom. The number of halogens is 1. The van der Waals surface area contributed by atoms with E-state index in [2.05, 4.69) is 28.9 Å². The lowest BCUT2D eigenvalue weighted by Gasteiger charge is -2.37. The van der Waals surface area contributed by atoms with Crippen molar-refractivity contribution in [3.63, 3.8) is 0 Å². The Kier molecular flexibility index (Phi) is 2.20. The Hall–Kier alpha value is -0.340. The van der Waals surface area contributed by atoms with Crippen molar-refractivity contribution in [1.82, 2.24) is 0 Å². The highest BCUT2D eigenvalue weighted by Gasteiger charge is 2.36. The first-order valence-electron chi connectivity index (χ1n) is 4.61. The monoisotopic (exact) mass is 240 g/mol. The lowest BCUT2D eigenvalue weighted by molar-refractivity contribution is -0.0388. The van der Waals surface area contributed by atoms with Crippen LogP contribution < -0.4 is 0 Å². The van der Waals surface area contributed by atoms with Gasteiger partial charge in [-0.1, -0.05) is 28.1 Å². The van der Waals surface area contributed by atoms with Gasteiger partial charge >= 0.3 is 0 Å². The summed E-state index contributed by atoms with van der Waals surface area (Å²) in [5, 5.41) is 10.1. The molecule has 0 unspecified atom stereocenters. The Morgan fingerprint density at radius 1 is 1.38 bits per heavy atom. The highest BCUT2D eigenvalue weighted by atomic mass is 79.9. The van der Waals surface area contributed by atoms with Gasteiger partial charge in [-0.05, 0) is 43.4 Å². The summed E-state index contributed by atoms with van der Waals surface area (Å²) in [6, 6.07) is 6.11. The molecule has 0 bridgehead atoms. The number of rotatable bonds is 1. The van der Waals surface area contributed by atoms with Crippen LogP contribution in [-0.4, -0.2) is 5.11 Å². The summed E-state index contributed by atoms with van der Waals surface area (Å²) < 4.78 is 1.09. The molecule has 13 heavy (non-hydrogen) atoms. The molecule has 0 aliphatic heterocycles. The molecular formula is C11H13BrO. The van der Waals surface area contributed by atoms with Crippen LogP contribution in [0.3, 0.4) is 0 Å². The number of aryl methyl sites for hydroxylation is 1. The summed E-state index contributed by atoms with van der Waals surface area (Å²) in [4.78, 5) is 0. The lowest BCUT2D eigenvalue weighted by Crippen LogP contribution is -2.33. The van der Waals surface area contributed by atoms with Gasteiger partial charge in [-0.15, -0.1) is 0 Å². The molecule has 1 aliphatic carbocycles. The third-order valence-electron chi connectivity index (χ3n) is 2.89. The summed E-state index contributed by atoms with van der Waals surface area (Å²) in [5.74, 6) is 0. The molecular weight excluding hydrogens is 228 g/mol. The molecule has 1 aliphatic rings. The second-order valence-electron chi connectivity index (χ2n) is 3.85. The van der Waals surface area contributed by atoms with Crippen molar-refractivity contribution < 1.29 is 5.11 Å². The maximum Gasteiger partial charge on any atom is 0.0897 e. The maximum atomic E-state index is 10.1. The first-order chi connectivity index (χ1) is 6.12. The van der Waals surface area contributed by atoms with Gasteiger partial charge in [0.1, 0.15) is 0 Å². The van der Waals surface area contributed by atoms with Gasteiger partial charge < -0.3 is 5.11 Å². The van der Waals surface area contributed by atoms with E-state index in [4.69, 9.17) is 0 Å². The standard InChI is InChI=1S/C11H13BrO/c1-8-3-4-9(7-10(8)12)11(13)5-2-6-11/h3-4,7,13H,2,5-6H2,1H3. The molecule has 2 heteroatoms. The Labute approximate surface area is 86.9 Å². The van der Waals surface area contributed by atoms with Gasteiger partial charge in [-0.3, -0.25) is 0 Å². The van der Waals surface area contributed by atoms with Gasteiger partial charge in [-0.2, -0.15) is 0 Å². The van der Waals surface area contributed by atoms with E-state index in [1.165, 1.54) is 5.56 Å². The summed E-state index contributed by atoms with van der Waals surface area (Å²) in [7, 11) is 0. The van der Waals surface area contributed by atoms with Crippen LogP contribution in [0.4, 0.5) is 0 Å². The van der Waals surface area contributed by atoms with Crippen LogP contribution in [0.1, 0.15) is 30.4 Å². The second kappa shape index (κ2) is 3.10. The number of aliphatic hydroxyl groups is 1. The molecule has 1 aromatic rings. The van der Waals surface area contributed by atoms with E-state index >= 15 is 0 Å². The van der Waals surface area contributed by atoms with Crippen LogP contribution >= 0.6 is 15.9 Å². The molecule has 0 amide bonds. The fourth-order valence-electron chi connectivity index (χ4n) is 1.68. The molecule has 70 valence electrons. The smallest absolute Gasteiger partial charge is 0.0897 e. The largest absolute Gasteiger partial charge is 0.385 e. The first-order valence-corrected chi connectivity index (χ1v) is 5.40. The van der Waals surface area contributed by atoms with Gasteiger partial charge in [0.05, 0.1) is 5.60 Å². The Morgan fingerprint density at radius 3 is 2.54 bits per heavy atom. The minimum atomic E-state index is -0.532. The molecule has 1 saturated carbocycles. The maximum absolute atomic E-state index is 10.1. The van der Waals surface area contributed by atoms with Crippen molar-refractivity contribution in [2.24, 2.45) is 0 Å². The second-order valence-corrected chi connectivity index (χ2v) is 4.70. The van der Waals surface area contributed by atoms with Crippen molar-refractivity contribution in [2.45, 2.75) is 31.8 Å². The molecule has 0 heterocycles. The van der Waals surface area contributed by atoms with Crippen molar-refractivity contribution in [3.05, 3.63) is 33.8 Å². The van der Waals surface area contributed by atoms with Crippen LogP contribution in [0.2, 0.25) is 0 Å². The molecule has 1 fully saturated rings. The molecule has 2 rings (SSSR count). The molecule has 1 N–H and O–H groups in total. The molecule has 0 aromatic heterocycles. The molecule has 0 saturated heterocycles. The fourth-order valence-corrected chi connectivity index (χ4v) is 2.06. The van der Waals surface area contributed by atoms with E-state index in [1.807, 2.05) is 12.1 Å². The lowest BCUT2D eigenvalue weighted by atomic mass is 9.75. The predicted octanol–water partition coefficient (Wildman–Crippen LogP) is 3.13. The SMILES string of the molecule is Cc1ccc(C2(O)CCC2)cc1Br. The van der Waals surface area contributed by atoms with Gasteiger partial charge in [0.15, 0.2) is 0 Å². The number of hydrogen-bond acceptors (Lipinski definition) is 1. The quantitative estimate of drug-likeness (QED) is 0.800. The van der Waals surface area contributed by atoms with Crippen LogP contribution in [0, 0.1) is 6.92 Å². The van der Waals surface area contributed by atoms with E-state index in [0.717, 1.165) is 29.3 Å². The van der Waals surface area contributed by atoms with Crippen molar-refractivity contribution in [1.29, 1.82) is 0 Å². The van der Waals surface area contributed by atoms with Crippen LogP contribution in [0.25, 0.3) is 0 Å². The number of hydrogen-bond donors (Lipinski definition) is 1. The molecule has 0 spiro atoms. The van der Waals surface area contributed by atoms with Gasteiger partial charge in [0, 0.05) is 4.47 Å². The van der Waals surface area contributed by atoms with E-state index in [1.54, 1.807) is 0 Å². The highest BCUT2D eigenvalue weighted by Crippen LogP contribution is 2.41. The molecule has 1 aromatic carbocycles. The third kappa shape index (κ3) is 1.53. The predicted molar refractivity (Wildman–Crippen MR) is 56.6 cm³/mol. The fraction of sp³-hybridized carbons (Fsp3) is 0.455. The first kappa shape index (κ1) is 9.22. The summed E-state index contributed by atoms with van der Waals surface area (Å²) in [5.41, 5.74) is 1.74. The van der Waals surface area contributed by atoms with Crippen LogP contribution in [0.5, 0.6) is 0 Å². The third-order valence-corrected chi connectivity index (χ3v) is 3.74. The van der Waals surface area contributed by atoms with E-state index in [9.17, 15) is 5.11 Å². The zero-order valence-corrected chi connectivity index (χ0v) is 9.26. The zero-order chi connectivity index (χ0) is 9.47. The summed E-state index contributed by atoms with van der Waals surface area (Å²) in [6.07, 6.45) is 2.95.